The molecule has 0 spiro atoms. The van der Waals surface area contributed by atoms with E-state index in [1.807, 2.05) is 18.2 Å². The van der Waals surface area contributed by atoms with Crippen molar-refractivity contribution in [1.29, 1.82) is 0 Å². The number of nitrogens with zero attached hydrogens (tertiary/aromatic N) is 1. The van der Waals surface area contributed by atoms with E-state index in [1.165, 1.54) is 17.0 Å². The number of rotatable bonds is 5. The summed E-state index contributed by atoms with van der Waals surface area (Å²) in [5.41, 5.74) is 3.41. The summed E-state index contributed by atoms with van der Waals surface area (Å²) in [5, 5.41) is 7.70. The van der Waals surface area contributed by atoms with E-state index >= 15 is 0 Å². The smallest absolute Gasteiger partial charge is 0.251 e. The molecule has 6 heteroatoms. The monoisotopic (exact) mass is 409 g/mol. The molecule has 1 saturated carbocycles. The maximum atomic E-state index is 13.3. The molecule has 0 atom stereocenters. The first kappa shape index (κ1) is 20.4. The number of benzene rings is 2. The van der Waals surface area contributed by atoms with Gasteiger partial charge in [-0.2, -0.15) is 0 Å². The third kappa shape index (κ3) is 4.65. The van der Waals surface area contributed by atoms with Gasteiger partial charge in [0.1, 0.15) is 0 Å². The minimum absolute atomic E-state index is 0.0460. The van der Waals surface area contributed by atoms with E-state index in [0.717, 1.165) is 49.0 Å². The van der Waals surface area contributed by atoms with Gasteiger partial charge in [0.15, 0.2) is 11.6 Å². The molecule has 1 aliphatic carbocycles. The number of carbonyl (C=O) groups is 1. The lowest BCUT2D eigenvalue weighted by molar-refractivity contribution is 0.0923. The Kier molecular flexibility index (Phi) is 6.04. The Labute approximate surface area is 174 Å². The second kappa shape index (κ2) is 8.88. The summed E-state index contributed by atoms with van der Waals surface area (Å²) in [4.78, 5) is 17.0. The first-order valence-corrected chi connectivity index (χ1v) is 10.3. The van der Waals surface area contributed by atoms with Crippen LogP contribution in [0.15, 0.2) is 48.5 Å². The summed E-state index contributed by atoms with van der Waals surface area (Å²) in [6, 6.07) is 13.9. The van der Waals surface area contributed by atoms with Crippen molar-refractivity contribution in [3.8, 4) is 0 Å². The minimum Gasteiger partial charge on any atom is -0.349 e. The van der Waals surface area contributed by atoms with Gasteiger partial charge >= 0.3 is 0 Å². The van der Waals surface area contributed by atoms with E-state index in [0.29, 0.717) is 12.6 Å². The number of aromatic nitrogens is 1. The summed E-state index contributed by atoms with van der Waals surface area (Å²) >= 11 is 0. The molecule has 2 aromatic carbocycles. The number of aryl methyl sites for hydroxylation is 1. The molecule has 0 bridgehead atoms. The van der Waals surface area contributed by atoms with E-state index in [4.69, 9.17) is 4.98 Å². The van der Waals surface area contributed by atoms with E-state index in [9.17, 15) is 13.6 Å². The number of halogens is 2. The van der Waals surface area contributed by atoms with Crippen LogP contribution in [0, 0.1) is 18.6 Å². The van der Waals surface area contributed by atoms with Crippen molar-refractivity contribution in [2.75, 3.05) is 0 Å². The summed E-state index contributed by atoms with van der Waals surface area (Å²) in [7, 11) is 0. The van der Waals surface area contributed by atoms with Crippen LogP contribution in [-0.2, 0) is 6.54 Å². The molecular weight excluding hydrogens is 384 g/mol. The lowest BCUT2D eigenvalue weighted by Crippen LogP contribution is -2.42. The highest BCUT2D eigenvalue weighted by molar-refractivity contribution is 5.94. The van der Waals surface area contributed by atoms with Gasteiger partial charge in [0.05, 0.1) is 11.2 Å². The molecule has 1 aliphatic rings. The number of para-hydroxylation sites is 1. The summed E-state index contributed by atoms with van der Waals surface area (Å²) in [6.07, 6.45) is 3.57. The zero-order valence-corrected chi connectivity index (χ0v) is 16.9. The molecule has 0 saturated heterocycles. The molecule has 0 radical (unpaired) electrons. The lowest BCUT2D eigenvalue weighted by atomic mass is 9.91. The quantitative estimate of drug-likeness (QED) is 0.645. The van der Waals surface area contributed by atoms with E-state index in [-0.39, 0.29) is 17.5 Å². The van der Waals surface area contributed by atoms with Gasteiger partial charge in [-0.1, -0.05) is 18.2 Å². The number of carbonyl (C=O) groups excluding carboxylic acids is 1. The predicted octanol–water partition coefficient (Wildman–Crippen LogP) is 4.65. The Bertz CT molecular complexity index is 1060. The Morgan fingerprint density at radius 1 is 1.00 bits per heavy atom. The number of hydrogen-bond acceptors (Lipinski definition) is 3. The maximum absolute atomic E-state index is 13.3. The normalized spacial score (nSPS) is 19.0. The Morgan fingerprint density at radius 2 is 1.73 bits per heavy atom. The van der Waals surface area contributed by atoms with Crippen LogP contribution in [0.5, 0.6) is 0 Å². The molecule has 1 heterocycles. The number of pyridine rings is 1. The fourth-order valence-electron chi connectivity index (χ4n) is 4.11. The third-order valence-corrected chi connectivity index (χ3v) is 5.79. The second-order valence-electron chi connectivity index (χ2n) is 7.98. The van der Waals surface area contributed by atoms with Crippen molar-refractivity contribution in [2.45, 2.75) is 51.2 Å². The minimum atomic E-state index is -1.01. The Morgan fingerprint density at radius 3 is 2.50 bits per heavy atom. The highest BCUT2D eigenvalue weighted by atomic mass is 19.2. The summed E-state index contributed by atoms with van der Waals surface area (Å²) in [6.45, 7) is 2.82. The van der Waals surface area contributed by atoms with Crippen LogP contribution >= 0.6 is 0 Å². The van der Waals surface area contributed by atoms with Gasteiger partial charge in [-0.15, -0.1) is 0 Å². The summed E-state index contributed by atoms with van der Waals surface area (Å²) < 4.78 is 26.4. The van der Waals surface area contributed by atoms with Gasteiger partial charge in [0, 0.05) is 29.6 Å². The molecule has 1 amide bonds. The van der Waals surface area contributed by atoms with Gasteiger partial charge in [-0.3, -0.25) is 9.78 Å². The van der Waals surface area contributed by atoms with Gasteiger partial charge in [0.2, 0.25) is 0 Å². The number of hydrogen-bond donors (Lipinski definition) is 2. The molecule has 4 rings (SSSR count). The summed E-state index contributed by atoms with van der Waals surface area (Å²) in [5.74, 6) is -2.32. The van der Waals surface area contributed by atoms with Crippen LogP contribution in [0.3, 0.4) is 0 Å². The first-order valence-electron chi connectivity index (χ1n) is 10.3. The molecular formula is C24H25F2N3O. The van der Waals surface area contributed by atoms with Gasteiger partial charge in [-0.05, 0) is 68.5 Å². The fourth-order valence-corrected chi connectivity index (χ4v) is 4.11. The van der Waals surface area contributed by atoms with Crippen LogP contribution < -0.4 is 10.6 Å². The molecule has 1 aromatic heterocycles. The van der Waals surface area contributed by atoms with E-state index in [2.05, 4.69) is 29.7 Å². The first-order chi connectivity index (χ1) is 14.5. The lowest BCUT2D eigenvalue weighted by Gasteiger charge is -2.29. The molecule has 1 fully saturated rings. The largest absolute Gasteiger partial charge is 0.349 e. The van der Waals surface area contributed by atoms with Gasteiger partial charge in [-0.25, -0.2) is 8.78 Å². The highest BCUT2D eigenvalue weighted by Crippen LogP contribution is 2.21. The molecule has 0 unspecified atom stereocenters. The Hall–Kier alpha value is -2.86. The number of amides is 1. The van der Waals surface area contributed by atoms with Gasteiger partial charge < -0.3 is 10.6 Å². The molecule has 156 valence electrons. The van der Waals surface area contributed by atoms with Gasteiger partial charge in [0.25, 0.3) is 5.91 Å². The molecule has 3 aromatic rings. The number of nitrogens with one attached hydrogen (secondary N) is 2. The predicted molar refractivity (Wildman–Crippen MR) is 113 cm³/mol. The Balaban J connectivity index is 1.27. The number of fused-ring (bicyclic) bond motifs is 1. The van der Waals surface area contributed by atoms with Crippen molar-refractivity contribution in [3.05, 3.63) is 77.0 Å². The molecule has 30 heavy (non-hydrogen) atoms. The van der Waals surface area contributed by atoms with Crippen molar-refractivity contribution < 1.29 is 13.6 Å². The van der Waals surface area contributed by atoms with Crippen molar-refractivity contribution in [3.63, 3.8) is 0 Å². The van der Waals surface area contributed by atoms with E-state index < -0.39 is 11.6 Å². The van der Waals surface area contributed by atoms with Crippen LogP contribution in [0.2, 0.25) is 0 Å². The highest BCUT2D eigenvalue weighted by Gasteiger charge is 2.23. The third-order valence-electron chi connectivity index (χ3n) is 5.79. The van der Waals surface area contributed by atoms with Crippen LogP contribution in [0.4, 0.5) is 8.78 Å². The topological polar surface area (TPSA) is 54.0 Å². The zero-order valence-electron chi connectivity index (χ0n) is 16.9. The molecule has 4 nitrogen and oxygen atoms in total. The van der Waals surface area contributed by atoms with Crippen molar-refractivity contribution in [2.24, 2.45) is 0 Å². The fraction of sp³-hybridized carbons (Fsp3) is 0.333. The second-order valence-corrected chi connectivity index (χ2v) is 7.98. The molecule has 0 aliphatic heterocycles. The average molecular weight is 409 g/mol. The van der Waals surface area contributed by atoms with Crippen LogP contribution in [0.1, 0.15) is 47.3 Å². The SMILES string of the molecule is Cc1cc(CN[C@H]2CC[C@@H](NC(=O)c3ccc(F)c(F)c3)CC2)nc2ccccc12. The van der Waals surface area contributed by atoms with Crippen molar-refractivity contribution >= 4 is 16.8 Å². The standard InChI is InChI=1S/C24H25F2N3O/c1-15-12-19(28-23-5-3-2-4-20(15)23)14-27-17-7-9-18(10-8-17)29-24(30)16-6-11-21(25)22(26)13-16/h2-6,11-13,17-18,27H,7-10,14H2,1H3,(H,29,30)/t17-,18+. The average Bonchev–Trinajstić information content (AvgIpc) is 2.75. The van der Waals surface area contributed by atoms with Crippen LogP contribution in [0.25, 0.3) is 10.9 Å². The zero-order chi connectivity index (χ0) is 21.1. The van der Waals surface area contributed by atoms with Crippen LogP contribution in [-0.4, -0.2) is 23.0 Å². The maximum Gasteiger partial charge on any atom is 0.251 e. The van der Waals surface area contributed by atoms with Crippen molar-refractivity contribution in [1.82, 2.24) is 15.6 Å². The molecule has 2 N–H and O–H groups in total. The van der Waals surface area contributed by atoms with E-state index in [1.54, 1.807) is 0 Å².